The second-order valence-corrected chi connectivity index (χ2v) is 4.27. The van der Waals surface area contributed by atoms with Crippen LogP contribution in [-0.2, 0) is 0 Å². The van der Waals surface area contributed by atoms with E-state index in [-0.39, 0.29) is 6.10 Å². The summed E-state index contributed by atoms with van der Waals surface area (Å²) in [6.07, 6.45) is 11.8. The second-order valence-electron chi connectivity index (χ2n) is 4.27. The highest BCUT2D eigenvalue weighted by Crippen LogP contribution is 2.38. The van der Waals surface area contributed by atoms with Crippen LogP contribution in [0.25, 0.3) is 0 Å². The number of aliphatic hydroxyl groups excluding tert-OH is 1. The van der Waals surface area contributed by atoms with Gasteiger partial charge in [0.1, 0.15) is 0 Å². The fourth-order valence-electron chi connectivity index (χ4n) is 2.74. The van der Waals surface area contributed by atoms with Gasteiger partial charge in [0.25, 0.3) is 0 Å². The van der Waals surface area contributed by atoms with Crippen molar-refractivity contribution in [2.24, 2.45) is 11.8 Å². The molecule has 0 heterocycles. The van der Waals surface area contributed by atoms with Crippen LogP contribution in [-0.4, -0.2) is 11.2 Å². The average Bonchev–Trinajstić information content (AvgIpc) is 2.32. The topological polar surface area (TPSA) is 20.2 Å². The van der Waals surface area contributed by atoms with Crippen molar-refractivity contribution in [2.45, 2.75) is 44.6 Å². The largest absolute Gasteiger partial charge is 0.393 e. The van der Waals surface area contributed by atoms with Crippen LogP contribution in [0.3, 0.4) is 0 Å². The van der Waals surface area contributed by atoms with Gasteiger partial charge in [-0.3, -0.25) is 0 Å². The predicted molar refractivity (Wildman–Crippen MR) is 49.8 cm³/mol. The van der Waals surface area contributed by atoms with Crippen LogP contribution in [0.5, 0.6) is 0 Å². The highest BCUT2D eigenvalue weighted by Gasteiger charge is 2.32. The van der Waals surface area contributed by atoms with Crippen molar-refractivity contribution in [2.75, 3.05) is 0 Å². The molecule has 0 spiro atoms. The summed E-state index contributed by atoms with van der Waals surface area (Å²) in [5.74, 6) is 1.65. The Labute approximate surface area is 74.5 Å². The fraction of sp³-hybridized carbons (Fsp3) is 0.818. The third-order valence-corrected chi connectivity index (χ3v) is 3.39. The maximum atomic E-state index is 9.52. The maximum Gasteiger partial charge on any atom is 0.0545 e. The molecule has 1 nitrogen and oxygen atoms in total. The van der Waals surface area contributed by atoms with Gasteiger partial charge in [-0.25, -0.2) is 0 Å². The van der Waals surface area contributed by atoms with Gasteiger partial charge >= 0.3 is 0 Å². The summed E-state index contributed by atoms with van der Waals surface area (Å²) in [7, 11) is 0. The molecule has 0 radical (unpaired) electrons. The maximum absolute atomic E-state index is 9.52. The third kappa shape index (κ3) is 1.71. The molecule has 1 heteroatoms. The van der Waals surface area contributed by atoms with Gasteiger partial charge in [-0.15, -0.1) is 0 Å². The van der Waals surface area contributed by atoms with Crippen molar-refractivity contribution < 1.29 is 5.11 Å². The van der Waals surface area contributed by atoms with Crippen molar-refractivity contribution in [1.29, 1.82) is 0 Å². The Morgan fingerprint density at radius 2 is 1.42 bits per heavy atom. The molecule has 0 aromatic rings. The first kappa shape index (κ1) is 8.31. The molecule has 0 aromatic heterocycles. The van der Waals surface area contributed by atoms with Gasteiger partial charge in [0.2, 0.25) is 0 Å². The second kappa shape index (κ2) is 3.61. The molecular weight excluding hydrogens is 148 g/mol. The first-order valence-corrected chi connectivity index (χ1v) is 5.19. The molecule has 12 heavy (non-hydrogen) atoms. The summed E-state index contributed by atoms with van der Waals surface area (Å²) in [6, 6.07) is 0. The van der Waals surface area contributed by atoms with E-state index in [9.17, 15) is 5.11 Å². The van der Waals surface area contributed by atoms with Gasteiger partial charge in [0.15, 0.2) is 0 Å². The van der Waals surface area contributed by atoms with Crippen molar-refractivity contribution in [3.8, 4) is 0 Å². The number of hydrogen-bond acceptors (Lipinski definition) is 1. The van der Waals surface area contributed by atoms with E-state index < -0.39 is 0 Å². The molecule has 1 saturated carbocycles. The zero-order valence-corrected chi connectivity index (χ0v) is 7.58. The Balaban J connectivity index is 1.98. The Bertz CT molecular complexity index is 156. The number of hydrogen-bond donors (Lipinski definition) is 1. The minimum atomic E-state index is 0.0121. The van der Waals surface area contributed by atoms with Crippen molar-refractivity contribution in [1.82, 2.24) is 0 Å². The van der Waals surface area contributed by atoms with E-state index in [0.29, 0.717) is 0 Å². The van der Waals surface area contributed by atoms with Crippen LogP contribution in [0, 0.1) is 11.8 Å². The molecule has 0 saturated heterocycles. The number of rotatable bonds is 0. The molecule has 68 valence electrons. The SMILES string of the molecule is OC1CC2CC/C=C/CCC2C1. The van der Waals surface area contributed by atoms with E-state index in [2.05, 4.69) is 12.2 Å². The summed E-state index contributed by atoms with van der Waals surface area (Å²) < 4.78 is 0. The van der Waals surface area contributed by atoms with E-state index in [4.69, 9.17) is 0 Å². The van der Waals surface area contributed by atoms with Crippen LogP contribution in [0.2, 0.25) is 0 Å². The Morgan fingerprint density at radius 3 is 1.92 bits per heavy atom. The summed E-state index contributed by atoms with van der Waals surface area (Å²) >= 11 is 0. The Hall–Kier alpha value is -0.300. The summed E-state index contributed by atoms with van der Waals surface area (Å²) in [6.45, 7) is 0. The standard InChI is InChI=1S/C11H18O/c12-11-7-9-5-3-1-2-4-6-10(9)8-11/h1-2,9-12H,3-8H2/b2-1+. The van der Waals surface area contributed by atoms with Crippen LogP contribution >= 0.6 is 0 Å². The van der Waals surface area contributed by atoms with E-state index >= 15 is 0 Å². The molecule has 0 bridgehead atoms. The highest BCUT2D eigenvalue weighted by atomic mass is 16.3. The van der Waals surface area contributed by atoms with Gasteiger partial charge in [-0.2, -0.15) is 0 Å². The van der Waals surface area contributed by atoms with Crippen molar-refractivity contribution in [3.05, 3.63) is 12.2 Å². The van der Waals surface area contributed by atoms with Crippen LogP contribution in [0.4, 0.5) is 0 Å². The number of fused-ring (bicyclic) bond motifs is 1. The van der Waals surface area contributed by atoms with Crippen LogP contribution in [0.15, 0.2) is 12.2 Å². The van der Waals surface area contributed by atoms with Gasteiger partial charge in [-0.1, -0.05) is 12.2 Å². The Kier molecular flexibility index (Phi) is 2.50. The van der Waals surface area contributed by atoms with Gasteiger partial charge in [0.05, 0.1) is 6.10 Å². The monoisotopic (exact) mass is 166 g/mol. The zero-order chi connectivity index (χ0) is 8.39. The molecule has 2 atom stereocenters. The highest BCUT2D eigenvalue weighted by molar-refractivity contribution is 4.91. The van der Waals surface area contributed by atoms with Crippen molar-refractivity contribution in [3.63, 3.8) is 0 Å². The lowest BCUT2D eigenvalue weighted by molar-refractivity contribution is 0.174. The molecule has 2 rings (SSSR count). The summed E-state index contributed by atoms with van der Waals surface area (Å²) in [5, 5.41) is 9.52. The Morgan fingerprint density at radius 1 is 0.917 bits per heavy atom. The molecule has 2 aliphatic carbocycles. The lowest BCUT2D eigenvalue weighted by atomic mass is 9.86. The first-order valence-electron chi connectivity index (χ1n) is 5.19. The molecule has 0 aliphatic heterocycles. The van der Waals surface area contributed by atoms with Crippen LogP contribution < -0.4 is 0 Å². The summed E-state index contributed by atoms with van der Waals surface area (Å²) in [5.41, 5.74) is 0. The number of aliphatic hydroxyl groups is 1. The van der Waals surface area contributed by atoms with Crippen molar-refractivity contribution >= 4 is 0 Å². The van der Waals surface area contributed by atoms with Gasteiger partial charge in [0, 0.05) is 0 Å². The minimum Gasteiger partial charge on any atom is -0.393 e. The lowest BCUT2D eigenvalue weighted by Gasteiger charge is -2.19. The van der Waals surface area contributed by atoms with E-state index in [1.54, 1.807) is 0 Å². The minimum absolute atomic E-state index is 0.0121. The zero-order valence-electron chi connectivity index (χ0n) is 7.58. The molecule has 1 N–H and O–H groups in total. The number of allylic oxidation sites excluding steroid dienone is 2. The van der Waals surface area contributed by atoms with E-state index in [1.165, 1.54) is 25.7 Å². The average molecular weight is 166 g/mol. The van der Waals surface area contributed by atoms with Gasteiger partial charge in [-0.05, 0) is 50.4 Å². The molecule has 0 aromatic carbocycles. The van der Waals surface area contributed by atoms with Crippen LogP contribution in [0.1, 0.15) is 38.5 Å². The van der Waals surface area contributed by atoms with Gasteiger partial charge < -0.3 is 5.11 Å². The predicted octanol–water partition coefficient (Wildman–Crippen LogP) is 2.50. The molecule has 2 aliphatic rings. The molecule has 2 unspecified atom stereocenters. The van der Waals surface area contributed by atoms with E-state index in [0.717, 1.165) is 24.7 Å². The quantitative estimate of drug-likeness (QED) is 0.548. The summed E-state index contributed by atoms with van der Waals surface area (Å²) in [4.78, 5) is 0. The first-order chi connectivity index (χ1) is 5.86. The third-order valence-electron chi connectivity index (χ3n) is 3.39. The smallest absolute Gasteiger partial charge is 0.0545 e. The molecular formula is C11H18O. The normalized spacial score (nSPS) is 44.6. The molecule has 1 fully saturated rings. The van der Waals surface area contributed by atoms with E-state index in [1.807, 2.05) is 0 Å². The lowest BCUT2D eigenvalue weighted by Crippen LogP contribution is -2.08. The molecule has 0 amide bonds. The fourth-order valence-corrected chi connectivity index (χ4v) is 2.74.